The molecule has 0 bridgehead atoms. The highest BCUT2D eigenvalue weighted by Crippen LogP contribution is 2.27. The van der Waals surface area contributed by atoms with E-state index in [2.05, 4.69) is 57.2 Å². The van der Waals surface area contributed by atoms with Crippen molar-refractivity contribution in [3.05, 3.63) is 36.5 Å². The van der Waals surface area contributed by atoms with Crippen LogP contribution in [-0.2, 0) is 42.9 Å². The van der Waals surface area contributed by atoms with E-state index >= 15 is 0 Å². The van der Waals surface area contributed by atoms with Crippen LogP contribution < -0.4 is 0 Å². The number of aliphatic hydroxyl groups excluding tert-OH is 2. The van der Waals surface area contributed by atoms with Crippen LogP contribution >= 0.6 is 0 Å². The zero-order chi connectivity index (χ0) is 57.5. The molecule has 79 heavy (non-hydrogen) atoms. The van der Waals surface area contributed by atoms with E-state index in [1.807, 2.05) is 0 Å². The lowest BCUT2D eigenvalue weighted by Gasteiger charge is -2.40. The van der Waals surface area contributed by atoms with Crippen molar-refractivity contribution in [2.45, 2.75) is 353 Å². The van der Waals surface area contributed by atoms with Gasteiger partial charge in [-0.15, -0.1) is 0 Å². The lowest BCUT2D eigenvalue weighted by atomic mass is 9.98. The van der Waals surface area contributed by atoms with E-state index in [1.165, 1.54) is 167 Å². The first-order valence-corrected chi connectivity index (χ1v) is 33.0. The fourth-order valence-corrected chi connectivity index (χ4v) is 10.2. The smallest absolute Gasteiger partial charge is 0.335 e. The Morgan fingerprint density at radius 3 is 1.22 bits per heavy atom. The number of unbranched alkanes of at least 4 members (excludes halogenated alkanes) is 37. The second-order valence-corrected chi connectivity index (χ2v) is 22.7. The summed E-state index contributed by atoms with van der Waals surface area (Å²) in [7, 11) is 0. The second kappa shape index (κ2) is 55.5. The van der Waals surface area contributed by atoms with Gasteiger partial charge in [-0.05, 0) is 51.4 Å². The Hall–Kier alpha value is -3.06. The third kappa shape index (κ3) is 45.2. The normalized spacial score (nSPS) is 18.0. The minimum absolute atomic E-state index is 0.0643. The summed E-state index contributed by atoms with van der Waals surface area (Å²) in [6, 6.07) is 0. The highest BCUT2D eigenvalue weighted by Gasteiger charge is 2.50. The molecule has 0 amide bonds. The Bertz CT molecular complexity index is 1510. The lowest BCUT2D eigenvalue weighted by molar-refractivity contribution is -0.301. The molecule has 3 N–H and O–H groups in total. The van der Waals surface area contributed by atoms with Crippen molar-refractivity contribution >= 4 is 23.9 Å². The largest absolute Gasteiger partial charge is 0.479 e. The Labute approximate surface area is 482 Å². The fraction of sp³-hybridized carbons (Fsp3) is 0.851. The number of allylic oxidation sites excluding steroid dienone is 6. The van der Waals surface area contributed by atoms with Crippen LogP contribution in [0.1, 0.15) is 316 Å². The molecular weight excluding hydrogens is 997 g/mol. The van der Waals surface area contributed by atoms with Crippen molar-refractivity contribution in [2.75, 3.05) is 13.2 Å². The average molecular weight is 1120 g/mol. The number of rotatable bonds is 57. The van der Waals surface area contributed by atoms with Gasteiger partial charge >= 0.3 is 23.9 Å². The molecule has 0 radical (unpaired) electrons. The van der Waals surface area contributed by atoms with Crippen LogP contribution in [0, 0.1) is 0 Å². The second-order valence-electron chi connectivity index (χ2n) is 22.7. The predicted octanol–water partition coefficient (Wildman–Crippen LogP) is 17.6. The van der Waals surface area contributed by atoms with Gasteiger partial charge in [-0.3, -0.25) is 14.4 Å². The molecule has 1 aliphatic rings. The minimum Gasteiger partial charge on any atom is -0.479 e. The first-order chi connectivity index (χ1) is 38.6. The van der Waals surface area contributed by atoms with Gasteiger partial charge < -0.3 is 39.0 Å². The third-order valence-electron chi connectivity index (χ3n) is 15.2. The van der Waals surface area contributed by atoms with Crippen molar-refractivity contribution in [2.24, 2.45) is 0 Å². The van der Waals surface area contributed by atoms with Crippen LogP contribution in [0.5, 0.6) is 0 Å². The van der Waals surface area contributed by atoms with E-state index < -0.39 is 67.3 Å². The maximum Gasteiger partial charge on any atom is 0.335 e. The molecule has 6 atom stereocenters. The van der Waals surface area contributed by atoms with Crippen LogP contribution in [0.25, 0.3) is 0 Å². The van der Waals surface area contributed by atoms with Crippen molar-refractivity contribution in [1.29, 1.82) is 0 Å². The Morgan fingerprint density at radius 1 is 0.430 bits per heavy atom. The van der Waals surface area contributed by atoms with Crippen molar-refractivity contribution in [1.82, 2.24) is 0 Å². The number of carbonyl (C=O) groups excluding carboxylic acids is 3. The van der Waals surface area contributed by atoms with Gasteiger partial charge in [0.15, 0.2) is 24.6 Å². The lowest BCUT2D eigenvalue weighted by Crippen LogP contribution is -2.61. The molecule has 1 saturated heterocycles. The number of hydrogen-bond acceptors (Lipinski definition) is 11. The number of carboxylic acid groups (broad SMARTS) is 1. The van der Waals surface area contributed by atoms with Gasteiger partial charge in [0.1, 0.15) is 18.8 Å². The summed E-state index contributed by atoms with van der Waals surface area (Å²) in [6.45, 7) is 5.92. The number of aliphatic hydroxyl groups is 2. The van der Waals surface area contributed by atoms with Gasteiger partial charge in [-0.25, -0.2) is 4.79 Å². The molecule has 0 spiro atoms. The number of ether oxygens (including phenoxy) is 5. The molecule has 460 valence electrons. The first kappa shape index (κ1) is 74.0. The molecule has 0 aromatic carbocycles. The number of carboxylic acids is 1. The summed E-state index contributed by atoms with van der Waals surface area (Å²) in [5, 5.41) is 31.6. The molecule has 0 saturated carbocycles. The van der Waals surface area contributed by atoms with E-state index in [9.17, 15) is 34.5 Å². The summed E-state index contributed by atoms with van der Waals surface area (Å²) in [4.78, 5) is 51.3. The Kier molecular flexibility index (Phi) is 51.9. The number of aliphatic carboxylic acids is 1. The molecule has 1 rings (SSSR count). The molecule has 0 aromatic rings. The SMILES string of the molecule is CC/C=C\C/C=C\C/C=C\CCCCCCCC(=O)OC(COC(=O)CCCCCCCCCCCCCCCCCCCCC)COC1OC(C(=O)O)C(O)C(O)C1OC(=O)CCCCCCCCCCCCCCCCC. The maximum atomic E-state index is 13.2. The standard InChI is InChI=1S/C67H120O12/c1-4-7-10-13-16-19-22-25-28-29-30-31-34-35-38-41-44-47-50-53-59(68)75-56-58(77-60(69)54-51-48-45-42-39-36-32-26-23-20-17-14-11-8-5-2)57-76-67-65(63(72)62(71)64(79-67)66(73)74)78-61(70)55-52-49-46-43-40-37-33-27-24-21-18-15-12-9-6-3/h8,11,17,20,26,32,58,62-65,67,71-72H,4-7,9-10,12-16,18-19,21-25,27-31,33-57H2,1-3H3,(H,73,74)/b11-8-,20-17-,32-26-. The Morgan fingerprint density at radius 2 is 0.797 bits per heavy atom. The van der Waals surface area contributed by atoms with E-state index in [0.29, 0.717) is 19.3 Å². The van der Waals surface area contributed by atoms with Gasteiger partial charge in [0.05, 0.1) is 6.61 Å². The van der Waals surface area contributed by atoms with Crippen LogP contribution in [0.2, 0.25) is 0 Å². The topological polar surface area (TPSA) is 175 Å². The monoisotopic (exact) mass is 1120 g/mol. The van der Waals surface area contributed by atoms with Gasteiger partial charge in [0, 0.05) is 19.3 Å². The van der Waals surface area contributed by atoms with Crippen molar-refractivity contribution in [3.63, 3.8) is 0 Å². The zero-order valence-electron chi connectivity index (χ0n) is 50.9. The number of hydrogen-bond donors (Lipinski definition) is 3. The molecule has 1 aliphatic heterocycles. The molecule has 12 nitrogen and oxygen atoms in total. The minimum atomic E-state index is -1.90. The molecule has 0 aliphatic carbocycles. The summed E-state index contributed by atoms with van der Waals surface area (Å²) in [5.41, 5.74) is 0. The molecule has 0 aromatic heterocycles. The molecule has 1 fully saturated rings. The highest BCUT2D eigenvalue weighted by molar-refractivity contribution is 5.74. The van der Waals surface area contributed by atoms with Crippen molar-refractivity contribution < 1.29 is 58.2 Å². The quantitative estimate of drug-likeness (QED) is 0.0228. The zero-order valence-corrected chi connectivity index (χ0v) is 50.9. The first-order valence-electron chi connectivity index (χ1n) is 33.0. The molecule has 6 unspecified atom stereocenters. The van der Waals surface area contributed by atoms with Crippen molar-refractivity contribution in [3.8, 4) is 0 Å². The summed E-state index contributed by atoms with van der Waals surface area (Å²) >= 11 is 0. The predicted molar refractivity (Wildman–Crippen MR) is 322 cm³/mol. The van der Waals surface area contributed by atoms with Crippen LogP contribution in [-0.4, -0.2) is 89.2 Å². The van der Waals surface area contributed by atoms with E-state index in [4.69, 9.17) is 23.7 Å². The molecule has 12 heteroatoms. The van der Waals surface area contributed by atoms with Gasteiger partial charge in [0.25, 0.3) is 0 Å². The van der Waals surface area contributed by atoms with E-state index in [0.717, 1.165) is 89.9 Å². The van der Waals surface area contributed by atoms with Gasteiger partial charge in [-0.1, -0.05) is 282 Å². The highest BCUT2D eigenvalue weighted by atomic mass is 16.7. The van der Waals surface area contributed by atoms with Gasteiger partial charge in [0.2, 0.25) is 0 Å². The van der Waals surface area contributed by atoms with E-state index in [-0.39, 0.29) is 25.9 Å². The average Bonchev–Trinajstić information content (AvgIpc) is 3.46. The van der Waals surface area contributed by atoms with Crippen LogP contribution in [0.4, 0.5) is 0 Å². The van der Waals surface area contributed by atoms with Crippen LogP contribution in [0.15, 0.2) is 36.5 Å². The summed E-state index contributed by atoms with van der Waals surface area (Å²) in [5.74, 6) is -3.10. The van der Waals surface area contributed by atoms with Gasteiger partial charge in [-0.2, -0.15) is 0 Å². The van der Waals surface area contributed by atoms with E-state index in [1.54, 1.807) is 0 Å². The number of carbonyl (C=O) groups is 4. The number of esters is 3. The maximum absolute atomic E-state index is 13.2. The summed E-state index contributed by atoms with van der Waals surface area (Å²) in [6.07, 6.45) is 53.9. The molecule has 1 heterocycles. The fourth-order valence-electron chi connectivity index (χ4n) is 10.2. The molecular formula is C67H120O12. The third-order valence-corrected chi connectivity index (χ3v) is 15.2. The summed E-state index contributed by atoms with van der Waals surface area (Å²) < 4.78 is 28.5. The van der Waals surface area contributed by atoms with Crippen LogP contribution in [0.3, 0.4) is 0 Å². The Balaban J connectivity index is 2.63.